The predicted molar refractivity (Wildman–Crippen MR) is 58.7 cm³/mol. The summed E-state index contributed by atoms with van der Waals surface area (Å²) in [7, 11) is 0. The molecule has 0 radical (unpaired) electrons. The largest absolute Gasteiger partial charge is 0.295 e. The van der Waals surface area contributed by atoms with Crippen molar-refractivity contribution in [2.24, 2.45) is 0 Å². The van der Waals surface area contributed by atoms with Crippen LogP contribution in [0.1, 0.15) is 36.7 Å². The molecule has 0 bridgehead atoms. The molecule has 0 heterocycles. The quantitative estimate of drug-likeness (QED) is 0.749. The van der Waals surface area contributed by atoms with Gasteiger partial charge in [0.2, 0.25) is 6.41 Å². The summed E-state index contributed by atoms with van der Waals surface area (Å²) in [6.45, 7) is 6.22. The first-order valence-electron chi connectivity index (χ1n) is 4.80. The van der Waals surface area contributed by atoms with Crippen molar-refractivity contribution < 1.29 is 9.59 Å². The van der Waals surface area contributed by atoms with Crippen LogP contribution in [-0.2, 0) is 10.2 Å². The van der Waals surface area contributed by atoms with Gasteiger partial charge in [0, 0.05) is 5.56 Å². The summed E-state index contributed by atoms with van der Waals surface area (Å²) in [5.41, 5.74) is 1.58. The molecule has 2 amide bonds. The van der Waals surface area contributed by atoms with Gasteiger partial charge >= 0.3 is 0 Å². The molecule has 0 spiro atoms. The Balaban J connectivity index is 3.03. The van der Waals surface area contributed by atoms with Crippen molar-refractivity contribution in [3.8, 4) is 0 Å². The molecule has 0 saturated heterocycles. The van der Waals surface area contributed by atoms with Crippen molar-refractivity contribution in [2.45, 2.75) is 26.2 Å². The SMILES string of the molecule is CC(C)(C)c1cccc(C(=O)NC=O)c1. The fourth-order valence-corrected chi connectivity index (χ4v) is 1.26. The van der Waals surface area contributed by atoms with Crippen LogP contribution in [-0.4, -0.2) is 12.3 Å². The van der Waals surface area contributed by atoms with Crippen LogP contribution in [0.25, 0.3) is 0 Å². The lowest BCUT2D eigenvalue weighted by molar-refractivity contribution is -0.108. The Morgan fingerprint density at radius 2 is 2.00 bits per heavy atom. The van der Waals surface area contributed by atoms with E-state index >= 15 is 0 Å². The van der Waals surface area contributed by atoms with Gasteiger partial charge in [0.1, 0.15) is 0 Å². The van der Waals surface area contributed by atoms with Crippen molar-refractivity contribution in [3.05, 3.63) is 35.4 Å². The number of carbonyl (C=O) groups is 2. The van der Waals surface area contributed by atoms with Gasteiger partial charge in [-0.05, 0) is 23.1 Å². The lowest BCUT2D eigenvalue weighted by Crippen LogP contribution is -2.22. The standard InChI is InChI=1S/C12H15NO2/c1-12(2,3)10-6-4-5-9(7-10)11(15)13-8-14/h4-8H,1-3H3,(H,13,14,15). The van der Waals surface area contributed by atoms with Gasteiger partial charge in [0.05, 0.1) is 0 Å². The van der Waals surface area contributed by atoms with E-state index in [-0.39, 0.29) is 11.3 Å². The molecule has 0 atom stereocenters. The average Bonchev–Trinajstić information content (AvgIpc) is 2.17. The highest BCUT2D eigenvalue weighted by Gasteiger charge is 2.15. The van der Waals surface area contributed by atoms with E-state index < -0.39 is 0 Å². The Morgan fingerprint density at radius 1 is 1.33 bits per heavy atom. The fourth-order valence-electron chi connectivity index (χ4n) is 1.26. The first-order valence-corrected chi connectivity index (χ1v) is 4.80. The summed E-state index contributed by atoms with van der Waals surface area (Å²) in [4.78, 5) is 21.5. The van der Waals surface area contributed by atoms with E-state index in [2.05, 4.69) is 26.1 Å². The highest BCUT2D eigenvalue weighted by atomic mass is 16.2. The number of carbonyl (C=O) groups excluding carboxylic acids is 2. The van der Waals surface area contributed by atoms with Crippen LogP contribution in [0, 0.1) is 0 Å². The summed E-state index contributed by atoms with van der Waals surface area (Å²) in [6.07, 6.45) is 0.395. The molecule has 3 heteroatoms. The number of rotatable bonds is 2. The molecule has 15 heavy (non-hydrogen) atoms. The fraction of sp³-hybridized carbons (Fsp3) is 0.333. The smallest absolute Gasteiger partial charge is 0.257 e. The molecule has 0 aromatic heterocycles. The van der Waals surface area contributed by atoms with Crippen LogP contribution in [0.5, 0.6) is 0 Å². The van der Waals surface area contributed by atoms with Crippen molar-refractivity contribution in [1.82, 2.24) is 5.32 Å². The maximum atomic E-state index is 11.4. The maximum absolute atomic E-state index is 11.4. The molecule has 1 rings (SSSR count). The van der Waals surface area contributed by atoms with E-state index in [1.54, 1.807) is 12.1 Å². The second-order valence-electron chi connectivity index (χ2n) is 4.42. The summed E-state index contributed by atoms with van der Waals surface area (Å²) < 4.78 is 0. The predicted octanol–water partition coefficient (Wildman–Crippen LogP) is 1.87. The monoisotopic (exact) mass is 205 g/mol. The third-order valence-corrected chi connectivity index (χ3v) is 2.18. The van der Waals surface area contributed by atoms with Gasteiger partial charge in [-0.2, -0.15) is 0 Å². The van der Waals surface area contributed by atoms with Crippen LogP contribution in [0.4, 0.5) is 0 Å². The summed E-state index contributed by atoms with van der Waals surface area (Å²) in [5, 5.41) is 2.12. The van der Waals surface area contributed by atoms with E-state index in [1.165, 1.54) is 0 Å². The van der Waals surface area contributed by atoms with E-state index in [1.807, 2.05) is 12.1 Å². The van der Waals surface area contributed by atoms with Crippen LogP contribution in [0.3, 0.4) is 0 Å². The molecule has 0 aliphatic heterocycles. The first-order chi connectivity index (χ1) is 6.95. The van der Waals surface area contributed by atoms with E-state index in [0.717, 1.165) is 5.56 Å². The molecule has 0 aliphatic carbocycles. The molecule has 0 unspecified atom stereocenters. The lowest BCUT2D eigenvalue weighted by atomic mass is 9.86. The lowest BCUT2D eigenvalue weighted by Gasteiger charge is -2.19. The van der Waals surface area contributed by atoms with E-state index in [0.29, 0.717) is 12.0 Å². The maximum Gasteiger partial charge on any atom is 0.257 e. The molecular formula is C12H15NO2. The molecular weight excluding hydrogens is 190 g/mol. The number of amides is 2. The van der Waals surface area contributed by atoms with Gasteiger partial charge in [-0.15, -0.1) is 0 Å². The Morgan fingerprint density at radius 3 is 2.53 bits per heavy atom. The minimum absolute atomic E-state index is 0.00251. The molecule has 1 aromatic carbocycles. The third-order valence-electron chi connectivity index (χ3n) is 2.18. The van der Waals surface area contributed by atoms with Crippen LogP contribution in [0.15, 0.2) is 24.3 Å². The minimum atomic E-state index is -0.365. The van der Waals surface area contributed by atoms with Crippen LogP contribution in [0.2, 0.25) is 0 Å². The summed E-state index contributed by atoms with van der Waals surface area (Å²) in [6, 6.07) is 7.28. The molecule has 0 saturated carbocycles. The first kappa shape index (κ1) is 11.4. The Labute approximate surface area is 89.5 Å². The Hall–Kier alpha value is -1.64. The Kier molecular flexibility index (Phi) is 3.24. The molecule has 80 valence electrons. The van der Waals surface area contributed by atoms with Gasteiger partial charge in [0.25, 0.3) is 5.91 Å². The van der Waals surface area contributed by atoms with Crippen molar-refractivity contribution in [1.29, 1.82) is 0 Å². The van der Waals surface area contributed by atoms with E-state index in [4.69, 9.17) is 0 Å². The third kappa shape index (κ3) is 2.91. The van der Waals surface area contributed by atoms with Gasteiger partial charge in [-0.25, -0.2) is 0 Å². The topological polar surface area (TPSA) is 46.2 Å². The zero-order valence-corrected chi connectivity index (χ0v) is 9.20. The van der Waals surface area contributed by atoms with Gasteiger partial charge in [0.15, 0.2) is 0 Å². The minimum Gasteiger partial charge on any atom is -0.295 e. The second kappa shape index (κ2) is 4.26. The molecule has 0 aliphatic rings. The molecule has 0 fully saturated rings. The second-order valence-corrected chi connectivity index (χ2v) is 4.42. The van der Waals surface area contributed by atoms with Gasteiger partial charge < -0.3 is 0 Å². The number of hydrogen-bond acceptors (Lipinski definition) is 2. The Bertz CT molecular complexity index is 377. The van der Waals surface area contributed by atoms with Gasteiger partial charge in [-0.3, -0.25) is 14.9 Å². The number of imide groups is 1. The summed E-state index contributed by atoms with van der Waals surface area (Å²) in [5.74, 6) is -0.365. The average molecular weight is 205 g/mol. The molecule has 1 N–H and O–H groups in total. The van der Waals surface area contributed by atoms with Crippen LogP contribution >= 0.6 is 0 Å². The van der Waals surface area contributed by atoms with Crippen LogP contribution < -0.4 is 5.32 Å². The normalized spacial score (nSPS) is 10.9. The zero-order valence-electron chi connectivity index (χ0n) is 9.20. The highest BCUT2D eigenvalue weighted by Crippen LogP contribution is 2.22. The number of nitrogens with one attached hydrogen (secondary N) is 1. The highest BCUT2D eigenvalue weighted by molar-refractivity contribution is 5.99. The number of benzene rings is 1. The molecule has 3 nitrogen and oxygen atoms in total. The van der Waals surface area contributed by atoms with Crippen molar-refractivity contribution >= 4 is 12.3 Å². The van der Waals surface area contributed by atoms with Crippen molar-refractivity contribution in [2.75, 3.05) is 0 Å². The van der Waals surface area contributed by atoms with E-state index in [9.17, 15) is 9.59 Å². The van der Waals surface area contributed by atoms with Gasteiger partial charge in [-0.1, -0.05) is 32.9 Å². The summed E-state index contributed by atoms with van der Waals surface area (Å²) >= 11 is 0. The number of hydrogen-bond donors (Lipinski definition) is 1. The zero-order chi connectivity index (χ0) is 11.5. The molecule has 1 aromatic rings. The van der Waals surface area contributed by atoms with Crippen molar-refractivity contribution in [3.63, 3.8) is 0 Å².